The third-order valence-corrected chi connectivity index (χ3v) is 5.11. The molecular formula is C22H29N3O3. The number of nitrogens with zero attached hydrogens (tertiary/aromatic N) is 1. The summed E-state index contributed by atoms with van der Waals surface area (Å²) in [6.45, 7) is 3.46. The van der Waals surface area contributed by atoms with Gasteiger partial charge >= 0.3 is 0 Å². The third kappa shape index (κ3) is 5.03. The van der Waals surface area contributed by atoms with Crippen LogP contribution in [0.2, 0.25) is 0 Å². The molecule has 2 aromatic rings. The predicted octanol–water partition coefficient (Wildman–Crippen LogP) is 2.01. The maximum atomic E-state index is 12.6. The molecule has 150 valence electrons. The summed E-state index contributed by atoms with van der Waals surface area (Å²) in [5.74, 6) is 1.75. The van der Waals surface area contributed by atoms with Gasteiger partial charge in [-0.2, -0.15) is 0 Å². The van der Waals surface area contributed by atoms with Crippen LogP contribution < -0.4 is 20.1 Å². The van der Waals surface area contributed by atoms with Gasteiger partial charge in [0.2, 0.25) is 5.91 Å². The van der Waals surface area contributed by atoms with E-state index in [1.165, 1.54) is 0 Å². The molecule has 0 radical (unpaired) electrons. The van der Waals surface area contributed by atoms with Gasteiger partial charge < -0.3 is 20.1 Å². The highest BCUT2D eigenvalue weighted by Gasteiger charge is 2.27. The zero-order valence-corrected chi connectivity index (χ0v) is 16.6. The number of hydrogen-bond acceptors (Lipinski definition) is 5. The molecule has 0 aliphatic carbocycles. The van der Waals surface area contributed by atoms with Crippen LogP contribution in [-0.4, -0.2) is 57.8 Å². The topological polar surface area (TPSA) is 62.8 Å². The van der Waals surface area contributed by atoms with Gasteiger partial charge in [-0.15, -0.1) is 0 Å². The first-order valence-corrected chi connectivity index (χ1v) is 9.69. The largest absolute Gasteiger partial charge is 0.496 e. The van der Waals surface area contributed by atoms with Crippen LogP contribution in [0.4, 0.5) is 0 Å². The van der Waals surface area contributed by atoms with Crippen LogP contribution in [0.5, 0.6) is 11.5 Å². The van der Waals surface area contributed by atoms with Crippen molar-refractivity contribution in [1.29, 1.82) is 0 Å². The zero-order valence-electron chi connectivity index (χ0n) is 16.6. The van der Waals surface area contributed by atoms with Gasteiger partial charge in [0.25, 0.3) is 0 Å². The molecule has 1 fully saturated rings. The van der Waals surface area contributed by atoms with Crippen LogP contribution >= 0.6 is 0 Å². The molecule has 1 heterocycles. The van der Waals surface area contributed by atoms with Gasteiger partial charge in [-0.25, -0.2) is 0 Å². The summed E-state index contributed by atoms with van der Waals surface area (Å²) < 4.78 is 10.9. The van der Waals surface area contributed by atoms with Crippen molar-refractivity contribution in [2.75, 3.05) is 46.9 Å². The summed E-state index contributed by atoms with van der Waals surface area (Å²) in [6, 6.07) is 16.0. The SMILES string of the molecule is COc1ccccc1CCNC(=O)CN1CCNCC1c1ccccc1OC. The van der Waals surface area contributed by atoms with E-state index in [0.717, 1.165) is 48.7 Å². The lowest BCUT2D eigenvalue weighted by Gasteiger charge is -2.36. The second kappa shape index (κ2) is 10.1. The Bertz CT molecular complexity index is 781. The quantitative estimate of drug-likeness (QED) is 0.730. The van der Waals surface area contributed by atoms with Crippen LogP contribution in [-0.2, 0) is 11.2 Å². The van der Waals surface area contributed by atoms with Gasteiger partial charge in [0.05, 0.1) is 26.8 Å². The van der Waals surface area contributed by atoms with Crippen molar-refractivity contribution in [3.05, 3.63) is 59.7 Å². The van der Waals surface area contributed by atoms with Crippen LogP contribution in [0.3, 0.4) is 0 Å². The monoisotopic (exact) mass is 383 g/mol. The molecule has 0 aromatic heterocycles. The Hall–Kier alpha value is -2.57. The minimum absolute atomic E-state index is 0.0386. The first-order chi connectivity index (χ1) is 13.7. The maximum absolute atomic E-state index is 12.6. The molecule has 1 aliphatic rings. The lowest BCUT2D eigenvalue weighted by Crippen LogP contribution is -2.49. The van der Waals surface area contributed by atoms with E-state index in [1.54, 1.807) is 14.2 Å². The van der Waals surface area contributed by atoms with Crippen molar-refractivity contribution in [3.8, 4) is 11.5 Å². The summed E-state index contributed by atoms with van der Waals surface area (Å²) in [7, 11) is 3.35. The molecule has 1 aliphatic heterocycles. The Morgan fingerprint density at radius 1 is 1.11 bits per heavy atom. The van der Waals surface area contributed by atoms with Gasteiger partial charge in [0, 0.05) is 31.7 Å². The summed E-state index contributed by atoms with van der Waals surface area (Å²) in [5.41, 5.74) is 2.21. The molecule has 1 amide bonds. The molecule has 2 N–H and O–H groups in total. The highest BCUT2D eigenvalue weighted by Crippen LogP contribution is 2.29. The second-order valence-electron chi connectivity index (χ2n) is 6.84. The van der Waals surface area contributed by atoms with E-state index < -0.39 is 0 Å². The molecule has 28 heavy (non-hydrogen) atoms. The van der Waals surface area contributed by atoms with Crippen molar-refractivity contribution in [1.82, 2.24) is 15.5 Å². The fourth-order valence-corrected chi connectivity index (χ4v) is 3.67. The summed E-state index contributed by atoms with van der Waals surface area (Å²) in [4.78, 5) is 14.8. The molecule has 6 nitrogen and oxygen atoms in total. The first-order valence-electron chi connectivity index (χ1n) is 9.69. The Kier molecular flexibility index (Phi) is 7.28. The van der Waals surface area contributed by atoms with E-state index in [9.17, 15) is 4.79 Å². The second-order valence-corrected chi connectivity index (χ2v) is 6.84. The molecule has 6 heteroatoms. The van der Waals surface area contributed by atoms with Crippen LogP contribution in [0, 0.1) is 0 Å². The van der Waals surface area contributed by atoms with Crippen LogP contribution in [0.1, 0.15) is 17.2 Å². The average Bonchev–Trinajstić information content (AvgIpc) is 2.74. The smallest absolute Gasteiger partial charge is 0.234 e. The van der Waals surface area contributed by atoms with E-state index in [4.69, 9.17) is 9.47 Å². The number of methoxy groups -OCH3 is 2. The van der Waals surface area contributed by atoms with Crippen molar-refractivity contribution >= 4 is 5.91 Å². The minimum Gasteiger partial charge on any atom is -0.496 e. The fraction of sp³-hybridized carbons (Fsp3) is 0.409. The van der Waals surface area contributed by atoms with E-state index in [1.807, 2.05) is 42.5 Å². The number of carbonyl (C=O) groups is 1. The molecule has 1 unspecified atom stereocenters. The summed E-state index contributed by atoms with van der Waals surface area (Å²) in [6.07, 6.45) is 0.743. The van der Waals surface area contributed by atoms with Crippen molar-refractivity contribution in [2.45, 2.75) is 12.5 Å². The summed E-state index contributed by atoms with van der Waals surface area (Å²) >= 11 is 0. The zero-order chi connectivity index (χ0) is 19.8. The Balaban J connectivity index is 1.57. The Labute approximate surface area is 166 Å². The van der Waals surface area contributed by atoms with Crippen molar-refractivity contribution in [3.63, 3.8) is 0 Å². The number of amides is 1. The average molecular weight is 383 g/mol. The number of hydrogen-bond donors (Lipinski definition) is 2. The van der Waals surface area contributed by atoms with Gasteiger partial charge in [-0.1, -0.05) is 36.4 Å². The van der Waals surface area contributed by atoms with Crippen LogP contribution in [0.25, 0.3) is 0 Å². The van der Waals surface area contributed by atoms with E-state index in [0.29, 0.717) is 13.1 Å². The van der Waals surface area contributed by atoms with E-state index in [2.05, 4.69) is 21.6 Å². The molecule has 3 rings (SSSR count). The van der Waals surface area contributed by atoms with Gasteiger partial charge in [-0.3, -0.25) is 9.69 Å². The van der Waals surface area contributed by atoms with Gasteiger partial charge in [-0.05, 0) is 24.1 Å². The normalized spacial score (nSPS) is 17.1. The predicted molar refractivity (Wildman–Crippen MR) is 110 cm³/mol. The lowest BCUT2D eigenvalue weighted by molar-refractivity contribution is -0.123. The lowest BCUT2D eigenvalue weighted by atomic mass is 10.0. The minimum atomic E-state index is 0.0386. The van der Waals surface area contributed by atoms with Crippen LogP contribution in [0.15, 0.2) is 48.5 Å². The van der Waals surface area contributed by atoms with E-state index in [-0.39, 0.29) is 11.9 Å². The first kappa shape index (κ1) is 20.2. The number of para-hydroxylation sites is 2. The molecule has 0 spiro atoms. The summed E-state index contributed by atoms with van der Waals surface area (Å²) in [5, 5.41) is 6.46. The number of piperazine rings is 1. The highest BCUT2D eigenvalue weighted by atomic mass is 16.5. The third-order valence-electron chi connectivity index (χ3n) is 5.11. The number of benzene rings is 2. The number of nitrogens with one attached hydrogen (secondary N) is 2. The molecule has 0 bridgehead atoms. The standard InChI is InChI=1S/C22H29N3O3/c1-27-20-9-5-3-7-17(20)11-12-24-22(26)16-25-14-13-23-15-19(25)18-8-4-6-10-21(18)28-2/h3-10,19,23H,11-16H2,1-2H3,(H,24,26). The number of carbonyl (C=O) groups excluding carboxylic acids is 1. The Morgan fingerprint density at radius 2 is 1.82 bits per heavy atom. The Morgan fingerprint density at radius 3 is 2.61 bits per heavy atom. The highest BCUT2D eigenvalue weighted by molar-refractivity contribution is 5.78. The molecular weight excluding hydrogens is 354 g/mol. The van der Waals surface area contributed by atoms with Crippen molar-refractivity contribution < 1.29 is 14.3 Å². The fourth-order valence-electron chi connectivity index (χ4n) is 3.67. The molecule has 0 saturated carbocycles. The van der Waals surface area contributed by atoms with Gasteiger partial charge in [0.1, 0.15) is 11.5 Å². The number of rotatable bonds is 8. The number of ether oxygens (including phenoxy) is 2. The molecule has 2 aromatic carbocycles. The maximum Gasteiger partial charge on any atom is 0.234 e. The molecule has 1 atom stereocenters. The van der Waals surface area contributed by atoms with Gasteiger partial charge in [0.15, 0.2) is 0 Å². The van der Waals surface area contributed by atoms with E-state index >= 15 is 0 Å². The van der Waals surface area contributed by atoms with Crippen molar-refractivity contribution in [2.24, 2.45) is 0 Å². The molecule has 1 saturated heterocycles.